The Balaban J connectivity index is 2.04. The van der Waals surface area contributed by atoms with Gasteiger partial charge in [-0.15, -0.1) is 0 Å². The standard InChI is InChI=1S/C14H20Cl2N2/c1-3-12-9-18(10(2)7-17-12)8-11-4-5-13(15)14(16)6-11/h4-6,10,12,17H,3,7-9H2,1-2H3. The Kier molecular flexibility index (Phi) is 4.91. The van der Waals surface area contributed by atoms with Gasteiger partial charge in [0, 0.05) is 31.7 Å². The van der Waals surface area contributed by atoms with Crippen molar-refractivity contribution in [2.75, 3.05) is 13.1 Å². The molecule has 1 aromatic carbocycles. The maximum absolute atomic E-state index is 6.06. The van der Waals surface area contributed by atoms with E-state index in [4.69, 9.17) is 23.2 Å². The summed E-state index contributed by atoms with van der Waals surface area (Å²) in [6, 6.07) is 7.07. The molecule has 1 heterocycles. The quantitative estimate of drug-likeness (QED) is 0.914. The van der Waals surface area contributed by atoms with Gasteiger partial charge in [0.05, 0.1) is 10.0 Å². The van der Waals surface area contributed by atoms with Gasteiger partial charge >= 0.3 is 0 Å². The average Bonchev–Trinajstić information content (AvgIpc) is 2.36. The van der Waals surface area contributed by atoms with E-state index in [2.05, 4.69) is 30.1 Å². The molecule has 18 heavy (non-hydrogen) atoms. The van der Waals surface area contributed by atoms with E-state index in [1.807, 2.05) is 12.1 Å². The average molecular weight is 287 g/mol. The molecule has 0 radical (unpaired) electrons. The SMILES string of the molecule is CCC1CN(Cc2ccc(Cl)c(Cl)c2)C(C)CN1. The molecule has 0 amide bonds. The van der Waals surface area contributed by atoms with Gasteiger partial charge in [-0.05, 0) is 31.0 Å². The predicted octanol–water partition coefficient (Wildman–Crippen LogP) is 3.57. The van der Waals surface area contributed by atoms with Crippen molar-refractivity contribution in [2.45, 2.75) is 38.9 Å². The van der Waals surface area contributed by atoms with E-state index < -0.39 is 0 Å². The number of nitrogens with zero attached hydrogens (tertiary/aromatic N) is 1. The minimum atomic E-state index is 0.558. The van der Waals surface area contributed by atoms with Crippen molar-refractivity contribution in [3.05, 3.63) is 33.8 Å². The van der Waals surface area contributed by atoms with Gasteiger partial charge in [-0.1, -0.05) is 36.2 Å². The van der Waals surface area contributed by atoms with Crippen LogP contribution in [0.5, 0.6) is 0 Å². The zero-order chi connectivity index (χ0) is 13.1. The van der Waals surface area contributed by atoms with Crippen molar-refractivity contribution in [2.24, 2.45) is 0 Å². The number of hydrogen-bond acceptors (Lipinski definition) is 2. The number of benzene rings is 1. The minimum absolute atomic E-state index is 0.558. The minimum Gasteiger partial charge on any atom is -0.311 e. The summed E-state index contributed by atoms with van der Waals surface area (Å²) in [5, 5.41) is 4.83. The summed E-state index contributed by atoms with van der Waals surface area (Å²) in [7, 11) is 0. The van der Waals surface area contributed by atoms with Crippen LogP contribution in [0.15, 0.2) is 18.2 Å². The summed E-state index contributed by atoms with van der Waals surface area (Å²) in [6.45, 7) is 7.58. The molecule has 2 nitrogen and oxygen atoms in total. The second-order valence-electron chi connectivity index (χ2n) is 5.04. The molecule has 2 rings (SSSR count). The van der Waals surface area contributed by atoms with Crippen LogP contribution in [-0.4, -0.2) is 30.1 Å². The largest absolute Gasteiger partial charge is 0.311 e. The first-order chi connectivity index (χ1) is 8.60. The third kappa shape index (κ3) is 3.39. The Morgan fingerprint density at radius 2 is 2.11 bits per heavy atom. The summed E-state index contributed by atoms with van der Waals surface area (Å²) in [6.07, 6.45) is 1.17. The lowest BCUT2D eigenvalue weighted by Crippen LogP contribution is -2.54. The molecule has 100 valence electrons. The molecule has 4 heteroatoms. The normalized spacial score (nSPS) is 25.3. The molecule has 0 spiro atoms. The van der Waals surface area contributed by atoms with Gasteiger partial charge in [-0.25, -0.2) is 0 Å². The molecule has 1 aromatic rings. The molecular weight excluding hydrogens is 267 g/mol. The Bertz CT molecular complexity index is 409. The van der Waals surface area contributed by atoms with E-state index in [-0.39, 0.29) is 0 Å². The lowest BCUT2D eigenvalue weighted by Gasteiger charge is -2.38. The van der Waals surface area contributed by atoms with E-state index in [1.54, 1.807) is 0 Å². The molecule has 2 unspecified atom stereocenters. The molecule has 1 saturated heterocycles. The number of piperazine rings is 1. The molecule has 1 aliphatic heterocycles. The van der Waals surface area contributed by atoms with Crippen LogP contribution < -0.4 is 5.32 Å². The Morgan fingerprint density at radius 3 is 2.78 bits per heavy atom. The molecule has 1 fully saturated rings. The van der Waals surface area contributed by atoms with Crippen molar-refractivity contribution in [3.8, 4) is 0 Å². The molecule has 0 saturated carbocycles. The number of nitrogens with one attached hydrogen (secondary N) is 1. The number of rotatable bonds is 3. The van der Waals surface area contributed by atoms with Crippen molar-refractivity contribution in [3.63, 3.8) is 0 Å². The van der Waals surface area contributed by atoms with Crippen molar-refractivity contribution in [1.82, 2.24) is 10.2 Å². The zero-order valence-electron chi connectivity index (χ0n) is 10.9. The van der Waals surface area contributed by atoms with Crippen LogP contribution >= 0.6 is 23.2 Å². The van der Waals surface area contributed by atoms with Gasteiger partial charge in [0.25, 0.3) is 0 Å². The lowest BCUT2D eigenvalue weighted by molar-refractivity contribution is 0.131. The summed E-state index contributed by atoms with van der Waals surface area (Å²) in [4.78, 5) is 2.50. The first-order valence-corrected chi connectivity index (χ1v) is 7.27. The molecule has 0 aliphatic carbocycles. The summed E-state index contributed by atoms with van der Waals surface area (Å²) in [5.41, 5.74) is 1.23. The second kappa shape index (κ2) is 6.25. The highest BCUT2D eigenvalue weighted by molar-refractivity contribution is 6.42. The fraction of sp³-hybridized carbons (Fsp3) is 0.571. The highest BCUT2D eigenvalue weighted by atomic mass is 35.5. The first-order valence-electron chi connectivity index (χ1n) is 6.51. The Hall–Kier alpha value is -0.280. The van der Waals surface area contributed by atoms with E-state index >= 15 is 0 Å². The second-order valence-corrected chi connectivity index (χ2v) is 5.85. The zero-order valence-corrected chi connectivity index (χ0v) is 12.4. The van der Waals surface area contributed by atoms with Crippen LogP contribution in [0.1, 0.15) is 25.8 Å². The number of halogens is 2. The van der Waals surface area contributed by atoms with Crippen molar-refractivity contribution < 1.29 is 0 Å². The van der Waals surface area contributed by atoms with Crippen LogP contribution in [0.3, 0.4) is 0 Å². The molecule has 1 aliphatic rings. The van der Waals surface area contributed by atoms with Gasteiger partial charge in [0.2, 0.25) is 0 Å². The first kappa shape index (κ1) is 14.1. The monoisotopic (exact) mass is 286 g/mol. The highest BCUT2D eigenvalue weighted by Crippen LogP contribution is 2.24. The van der Waals surface area contributed by atoms with Crippen molar-refractivity contribution >= 4 is 23.2 Å². The Morgan fingerprint density at radius 1 is 1.33 bits per heavy atom. The lowest BCUT2D eigenvalue weighted by atomic mass is 10.1. The molecule has 0 aromatic heterocycles. The predicted molar refractivity (Wildman–Crippen MR) is 78.4 cm³/mol. The van der Waals surface area contributed by atoms with Crippen molar-refractivity contribution in [1.29, 1.82) is 0 Å². The van der Waals surface area contributed by atoms with Gasteiger partial charge in [0.15, 0.2) is 0 Å². The maximum atomic E-state index is 6.06. The summed E-state index contributed by atoms with van der Waals surface area (Å²) >= 11 is 12.0. The third-order valence-corrected chi connectivity index (χ3v) is 4.38. The van der Waals surface area contributed by atoms with E-state index in [0.717, 1.165) is 19.6 Å². The molecule has 1 N–H and O–H groups in total. The third-order valence-electron chi connectivity index (χ3n) is 3.64. The van der Waals surface area contributed by atoms with Crippen LogP contribution in [0.25, 0.3) is 0 Å². The van der Waals surface area contributed by atoms with Gasteiger partial charge in [0.1, 0.15) is 0 Å². The van der Waals surface area contributed by atoms with Crippen LogP contribution in [0.4, 0.5) is 0 Å². The van der Waals surface area contributed by atoms with Gasteiger partial charge in [-0.2, -0.15) is 0 Å². The molecule has 2 atom stereocenters. The van der Waals surface area contributed by atoms with Gasteiger partial charge < -0.3 is 5.32 Å². The summed E-state index contributed by atoms with van der Waals surface area (Å²) < 4.78 is 0. The van der Waals surface area contributed by atoms with Gasteiger partial charge in [-0.3, -0.25) is 4.90 Å². The van der Waals surface area contributed by atoms with E-state index in [9.17, 15) is 0 Å². The molecule has 0 bridgehead atoms. The molecular formula is C14H20Cl2N2. The van der Waals surface area contributed by atoms with Crippen LogP contribution in [-0.2, 0) is 6.54 Å². The van der Waals surface area contributed by atoms with Crippen LogP contribution in [0.2, 0.25) is 10.0 Å². The summed E-state index contributed by atoms with van der Waals surface area (Å²) in [5.74, 6) is 0. The fourth-order valence-electron chi connectivity index (χ4n) is 2.36. The smallest absolute Gasteiger partial charge is 0.0595 e. The highest BCUT2D eigenvalue weighted by Gasteiger charge is 2.23. The van der Waals surface area contributed by atoms with Crippen LogP contribution in [0, 0.1) is 0 Å². The topological polar surface area (TPSA) is 15.3 Å². The van der Waals surface area contributed by atoms with E-state index in [1.165, 1.54) is 12.0 Å². The maximum Gasteiger partial charge on any atom is 0.0595 e. The fourth-order valence-corrected chi connectivity index (χ4v) is 2.68. The Labute approximate surface area is 119 Å². The number of hydrogen-bond donors (Lipinski definition) is 1. The van der Waals surface area contributed by atoms with E-state index in [0.29, 0.717) is 22.1 Å².